The Labute approximate surface area is 192 Å². The molecule has 1 aliphatic heterocycles. The van der Waals surface area contributed by atoms with Crippen LogP contribution in [0.15, 0.2) is 46.9 Å². The predicted octanol–water partition coefficient (Wildman–Crippen LogP) is 4.30. The van der Waals surface area contributed by atoms with Crippen molar-refractivity contribution in [1.29, 1.82) is 0 Å². The summed E-state index contributed by atoms with van der Waals surface area (Å²) in [6.45, 7) is 7.06. The van der Waals surface area contributed by atoms with E-state index in [1.54, 1.807) is 11.8 Å². The molecule has 3 rings (SSSR count). The Bertz CT molecular complexity index is 914. The third-order valence-corrected chi connectivity index (χ3v) is 5.71. The minimum Gasteiger partial charge on any atom is -0.454 e. The molecule has 31 heavy (non-hydrogen) atoms. The largest absolute Gasteiger partial charge is 0.454 e. The van der Waals surface area contributed by atoms with E-state index in [1.165, 1.54) is 0 Å². The number of ether oxygens (including phenoxy) is 2. The van der Waals surface area contributed by atoms with Crippen LogP contribution in [0.1, 0.15) is 38.3 Å². The first-order valence-electron chi connectivity index (χ1n) is 10.5. The minimum atomic E-state index is -0.563. The van der Waals surface area contributed by atoms with Gasteiger partial charge in [0.2, 0.25) is 18.6 Å². The fourth-order valence-corrected chi connectivity index (χ4v) is 3.58. The van der Waals surface area contributed by atoms with Gasteiger partial charge >= 0.3 is 0 Å². The highest BCUT2D eigenvalue weighted by Crippen LogP contribution is 2.32. The van der Waals surface area contributed by atoms with E-state index in [2.05, 4.69) is 21.2 Å². The molecule has 0 radical (unpaired) electrons. The van der Waals surface area contributed by atoms with E-state index in [4.69, 9.17) is 9.47 Å². The number of carbonyl (C=O) groups is 2. The van der Waals surface area contributed by atoms with E-state index in [1.807, 2.05) is 56.3 Å². The number of rotatable bonds is 9. The number of nitrogens with one attached hydrogen (secondary N) is 1. The van der Waals surface area contributed by atoms with E-state index < -0.39 is 6.04 Å². The average Bonchev–Trinajstić information content (AvgIpc) is 3.22. The summed E-state index contributed by atoms with van der Waals surface area (Å²) < 4.78 is 11.7. The molecule has 0 saturated carbocycles. The van der Waals surface area contributed by atoms with Crippen molar-refractivity contribution in [2.24, 2.45) is 5.92 Å². The SMILES string of the molecule is CC(C)CNC(=O)C(C)N(Cc1ccc(Br)cc1)C(=O)CCc1ccc2c(c1)OCO2. The van der Waals surface area contributed by atoms with Crippen LogP contribution in [0.2, 0.25) is 0 Å². The van der Waals surface area contributed by atoms with E-state index in [0.717, 1.165) is 21.3 Å². The molecule has 1 aliphatic rings. The zero-order valence-corrected chi connectivity index (χ0v) is 19.8. The van der Waals surface area contributed by atoms with Gasteiger partial charge < -0.3 is 19.7 Å². The number of amides is 2. The number of hydrogen-bond acceptors (Lipinski definition) is 4. The van der Waals surface area contributed by atoms with Crippen molar-refractivity contribution in [3.8, 4) is 11.5 Å². The van der Waals surface area contributed by atoms with Gasteiger partial charge in [0, 0.05) is 24.0 Å². The van der Waals surface area contributed by atoms with Crippen molar-refractivity contribution in [2.45, 2.75) is 46.2 Å². The molecule has 0 saturated heterocycles. The maximum atomic E-state index is 13.2. The second-order valence-corrected chi connectivity index (χ2v) is 9.07. The smallest absolute Gasteiger partial charge is 0.242 e. The molecule has 0 bridgehead atoms. The minimum absolute atomic E-state index is 0.0622. The third-order valence-electron chi connectivity index (χ3n) is 5.18. The van der Waals surface area contributed by atoms with Gasteiger partial charge in [-0.3, -0.25) is 9.59 Å². The Morgan fingerprint density at radius 1 is 1.03 bits per heavy atom. The van der Waals surface area contributed by atoms with E-state index in [9.17, 15) is 9.59 Å². The van der Waals surface area contributed by atoms with Gasteiger partial charge in [-0.2, -0.15) is 0 Å². The Kier molecular flexibility index (Phi) is 7.96. The van der Waals surface area contributed by atoms with E-state index in [-0.39, 0.29) is 18.6 Å². The van der Waals surface area contributed by atoms with E-state index in [0.29, 0.717) is 37.6 Å². The van der Waals surface area contributed by atoms with Crippen molar-refractivity contribution in [3.63, 3.8) is 0 Å². The highest BCUT2D eigenvalue weighted by molar-refractivity contribution is 9.10. The number of aryl methyl sites for hydroxylation is 1. The topological polar surface area (TPSA) is 67.9 Å². The molecule has 2 aromatic rings. The molecule has 7 heteroatoms. The maximum Gasteiger partial charge on any atom is 0.242 e. The van der Waals surface area contributed by atoms with Gasteiger partial charge in [0.15, 0.2) is 11.5 Å². The Morgan fingerprint density at radius 3 is 2.42 bits per heavy atom. The highest BCUT2D eigenvalue weighted by atomic mass is 79.9. The second-order valence-electron chi connectivity index (χ2n) is 8.15. The number of benzene rings is 2. The van der Waals surface area contributed by atoms with Crippen molar-refractivity contribution in [2.75, 3.05) is 13.3 Å². The standard InChI is InChI=1S/C24H29BrN2O4/c1-16(2)13-26-24(29)17(3)27(14-19-4-8-20(25)9-5-19)23(28)11-7-18-6-10-21-22(12-18)31-15-30-21/h4-6,8-10,12,16-17H,7,11,13-15H2,1-3H3,(H,26,29). The van der Waals surface area contributed by atoms with Crippen LogP contribution in [0, 0.1) is 5.92 Å². The molecule has 166 valence electrons. The molecule has 2 amide bonds. The summed E-state index contributed by atoms with van der Waals surface area (Å²) in [7, 11) is 0. The van der Waals surface area contributed by atoms with Crippen LogP contribution in [-0.4, -0.2) is 36.1 Å². The lowest BCUT2D eigenvalue weighted by atomic mass is 10.1. The fourth-order valence-electron chi connectivity index (χ4n) is 3.31. The molecule has 0 fully saturated rings. The zero-order valence-electron chi connectivity index (χ0n) is 18.2. The van der Waals surface area contributed by atoms with Gasteiger partial charge in [-0.15, -0.1) is 0 Å². The second kappa shape index (κ2) is 10.7. The monoisotopic (exact) mass is 488 g/mol. The van der Waals surface area contributed by atoms with Crippen LogP contribution in [0.25, 0.3) is 0 Å². The van der Waals surface area contributed by atoms with Gasteiger partial charge in [-0.05, 0) is 54.7 Å². The summed E-state index contributed by atoms with van der Waals surface area (Å²) in [5, 5.41) is 2.94. The number of hydrogen-bond donors (Lipinski definition) is 1. The maximum absolute atomic E-state index is 13.2. The first-order valence-corrected chi connectivity index (χ1v) is 11.3. The summed E-state index contributed by atoms with van der Waals surface area (Å²) in [5.74, 6) is 1.58. The van der Waals surface area contributed by atoms with Crippen LogP contribution in [-0.2, 0) is 22.6 Å². The number of fused-ring (bicyclic) bond motifs is 1. The zero-order chi connectivity index (χ0) is 22.4. The third kappa shape index (κ3) is 6.47. The van der Waals surface area contributed by atoms with E-state index >= 15 is 0 Å². The Hall–Kier alpha value is -2.54. The van der Waals surface area contributed by atoms with Crippen LogP contribution < -0.4 is 14.8 Å². The summed E-state index contributed by atoms with van der Waals surface area (Å²) in [4.78, 5) is 27.5. The lowest BCUT2D eigenvalue weighted by molar-refractivity contribution is -0.140. The van der Waals surface area contributed by atoms with Gasteiger partial charge in [0.05, 0.1) is 0 Å². The predicted molar refractivity (Wildman–Crippen MR) is 123 cm³/mol. The first-order chi connectivity index (χ1) is 14.8. The molecule has 2 aromatic carbocycles. The molecule has 6 nitrogen and oxygen atoms in total. The molecule has 1 unspecified atom stereocenters. The van der Waals surface area contributed by atoms with Crippen molar-refractivity contribution in [3.05, 3.63) is 58.1 Å². The van der Waals surface area contributed by atoms with Gasteiger partial charge in [0.25, 0.3) is 0 Å². The number of nitrogens with zero attached hydrogens (tertiary/aromatic N) is 1. The summed E-state index contributed by atoms with van der Waals surface area (Å²) >= 11 is 3.43. The van der Waals surface area contributed by atoms with Crippen LogP contribution in [0.4, 0.5) is 0 Å². The number of carbonyl (C=O) groups excluding carboxylic acids is 2. The quantitative estimate of drug-likeness (QED) is 0.571. The molecule has 0 aliphatic carbocycles. The summed E-state index contributed by atoms with van der Waals surface area (Å²) in [5.41, 5.74) is 1.97. The molecule has 1 heterocycles. The van der Waals surface area contributed by atoms with Crippen molar-refractivity contribution < 1.29 is 19.1 Å². The van der Waals surface area contributed by atoms with Crippen LogP contribution in [0.5, 0.6) is 11.5 Å². The summed E-state index contributed by atoms with van der Waals surface area (Å²) in [6, 6.07) is 13.0. The van der Waals surface area contributed by atoms with Gasteiger partial charge in [0.1, 0.15) is 6.04 Å². The van der Waals surface area contributed by atoms with Crippen LogP contribution in [0.3, 0.4) is 0 Å². The molecule has 0 spiro atoms. The molecule has 0 aromatic heterocycles. The van der Waals surface area contributed by atoms with Gasteiger partial charge in [-0.25, -0.2) is 0 Å². The molecular weight excluding hydrogens is 460 g/mol. The van der Waals surface area contributed by atoms with Gasteiger partial charge in [-0.1, -0.05) is 48.0 Å². The van der Waals surface area contributed by atoms with Crippen LogP contribution >= 0.6 is 15.9 Å². The fraction of sp³-hybridized carbons (Fsp3) is 0.417. The van der Waals surface area contributed by atoms with Crippen molar-refractivity contribution in [1.82, 2.24) is 10.2 Å². The molecule has 1 N–H and O–H groups in total. The Morgan fingerprint density at radius 2 is 1.71 bits per heavy atom. The lowest BCUT2D eigenvalue weighted by Crippen LogP contribution is -2.48. The highest BCUT2D eigenvalue weighted by Gasteiger charge is 2.26. The number of halogens is 1. The normalized spacial score (nSPS) is 13.2. The average molecular weight is 489 g/mol. The Balaban J connectivity index is 1.69. The lowest BCUT2D eigenvalue weighted by Gasteiger charge is -2.29. The molecular formula is C24H29BrN2O4. The first kappa shape index (κ1) is 23.1. The summed E-state index contributed by atoms with van der Waals surface area (Å²) in [6.07, 6.45) is 0.866. The molecule has 1 atom stereocenters. The van der Waals surface area contributed by atoms with Crippen molar-refractivity contribution >= 4 is 27.7 Å².